The van der Waals surface area contributed by atoms with E-state index in [9.17, 15) is 27.2 Å². The zero-order valence-electron chi connectivity index (χ0n) is 19.6. The number of alkyl halides is 3. The lowest BCUT2D eigenvalue weighted by molar-refractivity contribution is -0.271. The number of amides is 2. The molecule has 2 aromatic rings. The van der Waals surface area contributed by atoms with Crippen LogP contribution in [0.25, 0.3) is 0 Å². The summed E-state index contributed by atoms with van der Waals surface area (Å²) in [5.74, 6) is -1.99. The van der Waals surface area contributed by atoms with Crippen molar-refractivity contribution in [3.8, 4) is 6.07 Å². The van der Waals surface area contributed by atoms with Crippen LogP contribution in [-0.4, -0.2) is 49.6 Å². The molecule has 2 amide bonds. The Balaban J connectivity index is 1.64. The van der Waals surface area contributed by atoms with Crippen molar-refractivity contribution in [3.05, 3.63) is 71.0 Å². The fourth-order valence-electron chi connectivity index (χ4n) is 5.54. The molecule has 6 nitrogen and oxygen atoms in total. The van der Waals surface area contributed by atoms with Gasteiger partial charge >= 0.3 is 6.18 Å². The first kappa shape index (κ1) is 25.6. The molecular weight excluding hydrogens is 478 g/mol. The smallest absolute Gasteiger partial charge is 0.356 e. The minimum atomic E-state index is -5.09. The topological polar surface area (TPSA) is 82.4 Å². The molecule has 1 spiro atoms. The highest BCUT2D eigenvalue weighted by atomic mass is 19.4. The fraction of sp³-hybridized carbons (Fsp3) is 0.423. The van der Waals surface area contributed by atoms with Gasteiger partial charge in [-0.15, -0.1) is 0 Å². The van der Waals surface area contributed by atoms with Gasteiger partial charge in [0.25, 0.3) is 11.5 Å². The van der Waals surface area contributed by atoms with Crippen molar-refractivity contribution in [3.63, 3.8) is 0 Å². The number of nitriles is 1. The first-order valence-corrected chi connectivity index (χ1v) is 11.5. The average molecular weight is 503 g/mol. The third kappa shape index (κ3) is 4.32. The number of ether oxygens (including phenoxy) is 1. The normalized spacial score (nSPS) is 21.4. The molecule has 0 aliphatic carbocycles. The summed E-state index contributed by atoms with van der Waals surface area (Å²) in [4.78, 5) is 26.9. The standard InChI is InChI=1S/C26H25F4N3O3/c1-36-25(26(28,29)30,19-4-2-3-17(13-19)15-31)23(35)33-11-9-24(10-12-33)14-22(34)32-16-21(24)18-5-7-20(27)8-6-18/h2-8,13,21H,9-12,14,16H2,1H3,(H,32,34)/t21-,25-/m0/s1. The van der Waals surface area contributed by atoms with Crippen LogP contribution in [0, 0.1) is 22.6 Å². The first-order chi connectivity index (χ1) is 17.1. The molecule has 0 aromatic heterocycles. The minimum Gasteiger partial charge on any atom is -0.356 e. The van der Waals surface area contributed by atoms with Gasteiger partial charge in [-0.3, -0.25) is 9.59 Å². The monoisotopic (exact) mass is 503 g/mol. The number of benzene rings is 2. The summed E-state index contributed by atoms with van der Waals surface area (Å²) < 4.78 is 61.9. The van der Waals surface area contributed by atoms with Gasteiger partial charge in [0.1, 0.15) is 5.82 Å². The molecule has 1 N–H and O–H groups in total. The second kappa shape index (κ2) is 9.54. The maximum atomic E-state index is 14.5. The lowest BCUT2D eigenvalue weighted by atomic mass is 9.62. The lowest BCUT2D eigenvalue weighted by Gasteiger charge is -2.50. The molecule has 10 heteroatoms. The van der Waals surface area contributed by atoms with E-state index in [4.69, 9.17) is 10.00 Å². The maximum Gasteiger partial charge on any atom is 0.430 e. The van der Waals surface area contributed by atoms with Crippen molar-refractivity contribution in [1.29, 1.82) is 5.26 Å². The van der Waals surface area contributed by atoms with Crippen LogP contribution in [0.15, 0.2) is 48.5 Å². The number of likely N-dealkylation sites (tertiary alicyclic amines) is 1. The largest absolute Gasteiger partial charge is 0.430 e. The SMILES string of the molecule is CO[C@](C(=O)N1CCC2(CC1)CC(=O)NC[C@H]2c1ccc(F)cc1)(c1cccc(C#N)c1)C(F)(F)F. The van der Waals surface area contributed by atoms with Crippen molar-refractivity contribution >= 4 is 11.8 Å². The van der Waals surface area contributed by atoms with Crippen LogP contribution in [0.4, 0.5) is 17.6 Å². The maximum absolute atomic E-state index is 14.5. The Hall–Kier alpha value is -3.45. The number of carbonyl (C=O) groups is 2. The average Bonchev–Trinajstić information content (AvgIpc) is 2.85. The van der Waals surface area contributed by atoms with Crippen LogP contribution in [0.3, 0.4) is 0 Å². The Kier molecular flexibility index (Phi) is 6.80. The van der Waals surface area contributed by atoms with E-state index in [2.05, 4.69) is 5.32 Å². The Morgan fingerprint density at radius 3 is 2.42 bits per heavy atom. The van der Waals surface area contributed by atoms with Crippen LogP contribution in [0.5, 0.6) is 0 Å². The molecule has 4 rings (SSSR count). The van der Waals surface area contributed by atoms with Crippen molar-refractivity contribution in [2.24, 2.45) is 5.41 Å². The number of piperidine rings is 2. The third-order valence-corrected chi connectivity index (χ3v) is 7.48. The molecule has 2 aliphatic heterocycles. The number of carbonyl (C=O) groups excluding carboxylic acids is 2. The van der Waals surface area contributed by atoms with E-state index < -0.39 is 34.5 Å². The van der Waals surface area contributed by atoms with Crippen molar-refractivity contribution in [2.45, 2.75) is 37.0 Å². The van der Waals surface area contributed by atoms with E-state index in [1.54, 1.807) is 18.2 Å². The highest BCUT2D eigenvalue weighted by Gasteiger charge is 2.64. The van der Waals surface area contributed by atoms with Crippen LogP contribution >= 0.6 is 0 Å². The molecular formula is C26H25F4N3O3. The fourth-order valence-corrected chi connectivity index (χ4v) is 5.54. The predicted octanol–water partition coefficient (Wildman–Crippen LogP) is 4.01. The summed E-state index contributed by atoms with van der Waals surface area (Å²) >= 11 is 0. The van der Waals surface area contributed by atoms with E-state index in [0.717, 1.165) is 29.7 Å². The van der Waals surface area contributed by atoms with Gasteiger partial charge in [0, 0.05) is 44.6 Å². The molecule has 2 heterocycles. The molecule has 2 aliphatic rings. The van der Waals surface area contributed by atoms with Gasteiger partial charge in [-0.25, -0.2) is 4.39 Å². The lowest BCUT2D eigenvalue weighted by Crippen LogP contribution is -2.60. The summed E-state index contributed by atoms with van der Waals surface area (Å²) in [7, 11) is 0.825. The molecule has 0 bridgehead atoms. The summed E-state index contributed by atoms with van der Waals surface area (Å²) in [5, 5.41) is 12.0. The molecule has 0 saturated carbocycles. The summed E-state index contributed by atoms with van der Waals surface area (Å²) in [6.07, 6.45) is -4.34. The summed E-state index contributed by atoms with van der Waals surface area (Å²) in [6.45, 7) is 0.301. The molecule has 2 atom stereocenters. The number of hydrogen-bond acceptors (Lipinski definition) is 4. The zero-order chi connectivity index (χ0) is 26.1. The Morgan fingerprint density at radius 2 is 1.83 bits per heavy atom. The van der Waals surface area contributed by atoms with E-state index in [1.165, 1.54) is 24.3 Å². The Labute approximate surface area is 205 Å². The zero-order valence-corrected chi connectivity index (χ0v) is 19.6. The van der Waals surface area contributed by atoms with E-state index in [0.29, 0.717) is 19.4 Å². The van der Waals surface area contributed by atoms with Gasteiger partial charge in [0.15, 0.2) is 0 Å². The number of nitrogens with one attached hydrogen (secondary N) is 1. The highest BCUT2D eigenvalue weighted by Crippen LogP contribution is 2.50. The van der Waals surface area contributed by atoms with Gasteiger partial charge < -0.3 is 15.0 Å². The molecule has 2 saturated heterocycles. The third-order valence-electron chi connectivity index (χ3n) is 7.48. The van der Waals surface area contributed by atoms with E-state index in [1.807, 2.05) is 0 Å². The number of rotatable bonds is 4. The number of nitrogens with zero attached hydrogens (tertiary/aromatic N) is 2. The molecule has 2 aromatic carbocycles. The number of hydrogen-bond donors (Lipinski definition) is 1. The van der Waals surface area contributed by atoms with Gasteiger partial charge in [-0.1, -0.05) is 24.3 Å². The van der Waals surface area contributed by atoms with Crippen LogP contribution in [0.1, 0.15) is 41.9 Å². The van der Waals surface area contributed by atoms with E-state index >= 15 is 0 Å². The van der Waals surface area contributed by atoms with Crippen LogP contribution in [-0.2, 0) is 19.9 Å². The number of methoxy groups -OCH3 is 1. The van der Waals surface area contributed by atoms with E-state index in [-0.39, 0.29) is 36.9 Å². The van der Waals surface area contributed by atoms with Crippen LogP contribution < -0.4 is 5.32 Å². The summed E-state index contributed by atoms with van der Waals surface area (Å²) in [6, 6.07) is 12.5. The molecule has 36 heavy (non-hydrogen) atoms. The van der Waals surface area contributed by atoms with Crippen molar-refractivity contribution in [1.82, 2.24) is 10.2 Å². The minimum absolute atomic E-state index is 0.0110. The van der Waals surface area contributed by atoms with Gasteiger partial charge in [-0.2, -0.15) is 18.4 Å². The first-order valence-electron chi connectivity index (χ1n) is 11.5. The second-order valence-corrected chi connectivity index (χ2v) is 9.32. The van der Waals surface area contributed by atoms with Crippen molar-refractivity contribution < 1.29 is 31.9 Å². The molecule has 0 radical (unpaired) electrons. The predicted molar refractivity (Wildman–Crippen MR) is 121 cm³/mol. The molecule has 190 valence electrons. The summed E-state index contributed by atoms with van der Waals surface area (Å²) in [5.41, 5.74) is -3.52. The second-order valence-electron chi connectivity index (χ2n) is 9.32. The van der Waals surface area contributed by atoms with Gasteiger partial charge in [0.2, 0.25) is 5.91 Å². The Bertz CT molecular complexity index is 1180. The quantitative estimate of drug-likeness (QED) is 0.640. The van der Waals surface area contributed by atoms with Gasteiger partial charge in [-0.05, 0) is 48.1 Å². The van der Waals surface area contributed by atoms with Crippen LogP contribution in [0.2, 0.25) is 0 Å². The van der Waals surface area contributed by atoms with Crippen molar-refractivity contribution in [2.75, 3.05) is 26.7 Å². The molecule has 2 fully saturated rings. The molecule has 0 unspecified atom stereocenters. The van der Waals surface area contributed by atoms with Gasteiger partial charge in [0.05, 0.1) is 11.6 Å². The Morgan fingerprint density at radius 1 is 1.17 bits per heavy atom. The number of halogens is 4. The highest BCUT2D eigenvalue weighted by molar-refractivity contribution is 5.88.